The topological polar surface area (TPSA) is 72.5 Å². The van der Waals surface area contributed by atoms with E-state index in [1.807, 2.05) is 12.1 Å². The summed E-state index contributed by atoms with van der Waals surface area (Å²) in [6.45, 7) is 8.00. The van der Waals surface area contributed by atoms with Gasteiger partial charge in [-0.25, -0.2) is 0 Å². The number of carbonyl (C=O) groups excluding carboxylic acids is 1. The van der Waals surface area contributed by atoms with Gasteiger partial charge in [0.2, 0.25) is 0 Å². The summed E-state index contributed by atoms with van der Waals surface area (Å²) >= 11 is 0. The highest BCUT2D eigenvalue weighted by molar-refractivity contribution is 5.97. The average molecular weight is 265 g/mol. The maximum atomic E-state index is 11.7. The third kappa shape index (κ3) is 4.33. The number of Topliss-reactive ketones (excluding diaryl/α,β-unsaturated/α-hetero) is 1. The van der Waals surface area contributed by atoms with Gasteiger partial charge in [0.25, 0.3) is 0 Å². The molecule has 1 atom stereocenters. The van der Waals surface area contributed by atoms with E-state index >= 15 is 0 Å². The smallest absolute Gasteiger partial charge is 0.163 e. The molecule has 0 aliphatic heterocycles. The monoisotopic (exact) mass is 265 g/mol. The molecule has 0 radical (unpaired) electrons. The molecule has 1 aromatic carbocycles. The third-order valence-electron chi connectivity index (χ3n) is 2.93. The van der Waals surface area contributed by atoms with Crippen molar-refractivity contribution in [2.45, 2.75) is 39.2 Å². The molecule has 1 aromatic rings. The van der Waals surface area contributed by atoms with Crippen LogP contribution in [0, 0.1) is 0 Å². The number of hydrogen-bond acceptors (Lipinski definition) is 4. The molecule has 19 heavy (non-hydrogen) atoms. The van der Waals surface area contributed by atoms with Crippen LogP contribution in [0.1, 0.15) is 43.6 Å². The second-order valence-electron chi connectivity index (χ2n) is 5.72. The van der Waals surface area contributed by atoms with E-state index in [1.54, 1.807) is 6.07 Å². The minimum atomic E-state index is -0.720. The Morgan fingerprint density at radius 3 is 2.53 bits per heavy atom. The van der Waals surface area contributed by atoms with Crippen LogP contribution in [0.25, 0.3) is 0 Å². The van der Waals surface area contributed by atoms with Crippen LogP contribution in [0.2, 0.25) is 0 Å². The highest BCUT2D eigenvalue weighted by Gasteiger charge is 2.18. The van der Waals surface area contributed by atoms with Crippen molar-refractivity contribution in [3.05, 3.63) is 29.3 Å². The standard InChI is InChI=1S/C15H23NO3/c1-10(17)13-7-11(15(2,3)4)5-6-14(13)19-9-12(18)8-16/h5-7,12,18H,8-9,16H2,1-4H3. The number of carbonyl (C=O) groups is 1. The maximum Gasteiger partial charge on any atom is 0.163 e. The van der Waals surface area contributed by atoms with E-state index in [2.05, 4.69) is 20.8 Å². The fourth-order valence-electron chi connectivity index (χ4n) is 1.65. The van der Waals surface area contributed by atoms with Gasteiger partial charge in [0.15, 0.2) is 5.78 Å². The zero-order valence-corrected chi connectivity index (χ0v) is 12.1. The van der Waals surface area contributed by atoms with Crippen LogP contribution in [-0.4, -0.2) is 30.1 Å². The van der Waals surface area contributed by atoms with Gasteiger partial charge in [-0.15, -0.1) is 0 Å². The number of aliphatic hydroxyl groups is 1. The number of aliphatic hydroxyl groups excluding tert-OH is 1. The Morgan fingerprint density at radius 2 is 2.05 bits per heavy atom. The minimum Gasteiger partial charge on any atom is -0.490 e. The lowest BCUT2D eigenvalue weighted by Crippen LogP contribution is -2.27. The summed E-state index contributed by atoms with van der Waals surface area (Å²) in [6.07, 6.45) is -0.720. The van der Waals surface area contributed by atoms with Crippen molar-refractivity contribution in [1.29, 1.82) is 0 Å². The summed E-state index contributed by atoms with van der Waals surface area (Å²) in [7, 11) is 0. The van der Waals surface area contributed by atoms with E-state index in [0.29, 0.717) is 11.3 Å². The van der Waals surface area contributed by atoms with E-state index in [9.17, 15) is 9.90 Å². The zero-order valence-electron chi connectivity index (χ0n) is 12.1. The molecule has 0 saturated heterocycles. The Labute approximate surface area is 114 Å². The molecule has 0 aromatic heterocycles. The first-order chi connectivity index (χ1) is 8.75. The summed E-state index contributed by atoms with van der Waals surface area (Å²) < 4.78 is 5.47. The highest BCUT2D eigenvalue weighted by atomic mass is 16.5. The molecule has 0 aliphatic carbocycles. The van der Waals surface area contributed by atoms with Gasteiger partial charge in [-0.05, 0) is 30.0 Å². The predicted octanol–water partition coefficient (Wildman–Crippen LogP) is 1.89. The van der Waals surface area contributed by atoms with Gasteiger partial charge in [-0.3, -0.25) is 4.79 Å². The Morgan fingerprint density at radius 1 is 1.42 bits per heavy atom. The summed E-state index contributed by atoms with van der Waals surface area (Å²) in [4.78, 5) is 11.7. The van der Waals surface area contributed by atoms with Gasteiger partial charge in [0.05, 0.1) is 5.56 Å². The molecule has 1 unspecified atom stereocenters. The van der Waals surface area contributed by atoms with Crippen LogP contribution in [0.15, 0.2) is 18.2 Å². The molecule has 0 saturated carbocycles. The molecule has 4 nitrogen and oxygen atoms in total. The molecule has 106 valence electrons. The number of rotatable bonds is 5. The lowest BCUT2D eigenvalue weighted by Gasteiger charge is -2.21. The van der Waals surface area contributed by atoms with Crippen LogP contribution in [0.4, 0.5) is 0 Å². The summed E-state index contributed by atoms with van der Waals surface area (Å²) in [6, 6.07) is 5.57. The Kier molecular flexibility index (Phi) is 5.09. The van der Waals surface area contributed by atoms with Gasteiger partial charge in [0, 0.05) is 6.54 Å². The van der Waals surface area contributed by atoms with Crippen molar-refractivity contribution in [3.63, 3.8) is 0 Å². The van der Waals surface area contributed by atoms with Crippen molar-refractivity contribution in [2.24, 2.45) is 5.73 Å². The van der Waals surface area contributed by atoms with Gasteiger partial charge in [0.1, 0.15) is 18.5 Å². The van der Waals surface area contributed by atoms with Crippen molar-refractivity contribution in [1.82, 2.24) is 0 Å². The summed E-state index contributed by atoms with van der Waals surface area (Å²) in [5.41, 5.74) is 6.90. The predicted molar refractivity (Wildman–Crippen MR) is 75.7 cm³/mol. The Balaban J connectivity index is 3.02. The van der Waals surface area contributed by atoms with Crippen LogP contribution < -0.4 is 10.5 Å². The second kappa shape index (κ2) is 6.17. The zero-order chi connectivity index (χ0) is 14.6. The fourth-order valence-corrected chi connectivity index (χ4v) is 1.65. The van der Waals surface area contributed by atoms with Crippen LogP contribution in [-0.2, 0) is 5.41 Å². The van der Waals surface area contributed by atoms with E-state index < -0.39 is 6.10 Å². The number of nitrogens with two attached hydrogens (primary N) is 1. The number of hydrogen-bond donors (Lipinski definition) is 2. The Hall–Kier alpha value is -1.39. The molecule has 4 heteroatoms. The SMILES string of the molecule is CC(=O)c1cc(C(C)(C)C)ccc1OCC(O)CN. The first-order valence-electron chi connectivity index (χ1n) is 6.42. The fraction of sp³-hybridized carbons (Fsp3) is 0.533. The number of ketones is 1. The lowest BCUT2D eigenvalue weighted by molar-refractivity contribution is 0.0988. The molecule has 0 amide bonds. The maximum absolute atomic E-state index is 11.7. The van der Waals surface area contributed by atoms with E-state index in [0.717, 1.165) is 5.56 Å². The normalized spacial score (nSPS) is 13.2. The van der Waals surface area contributed by atoms with Crippen LogP contribution in [0.3, 0.4) is 0 Å². The van der Waals surface area contributed by atoms with Crippen molar-refractivity contribution >= 4 is 5.78 Å². The quantitative estimate of drug-likeness (QED) is 0.797. The molecular weight excluding hydrogens is 242 g/mol. The van der Waals surface area contributed by atoms with E-state index in [-0.39, 0.29) is 24.3 Å². The van der Waals surface area contributed by atoms with Crippen molar-refractivity contribution in [2.75, 3.05) is 13.2 Å². The largest absolute Gasteiger partial charge is 0.490 e. The summed E-state index contributed by atoms with van der Waals surface area (Å²) in [5.74, 6) is 0.441. The highest BCUT2D eigenvalue weighted by Crippen LogP contribution is 2.28. The average Bonchev–Trinajstić information content (AvgIpc) is 2.34. The number of benzene rings is 1. The number of ether oxygens (including phenoxy) is 1. The first-order valence-corrected chi connectivity index (χ1v) is 6.42. The van der Waals surface area contributed by atoms with E-state index in [1.165, 1.54) is 6.92 Å². The third-order valence-corrected chi connectivity index (χ3v) is 2.93. The van der Waals surface area contributed by atoms with E-state index in [4.69, 9.17) is 10.5 Å². The molecule has 1 rings (SSSR count). The minimum absolute atomic E-state index is 0.0283. The van der Waals surface area contributed by atoms with Gasteiger partial charge in [-0.1, -0.05) is 26.8 Å². The first kappa shape index (κ1) is 15.7. The lowest BCUT2D eigenvalue weighted by atomic mass is 9.85. The van der Waals surface area contributed by atoms with Crippen molar-refractivity contribution in [3.8, 4) is 5.75 Å². The molecular formula is C15H23NO3. The van der Waals surface area contributed by atoms with Crippen LogP contribution >= 0.6 is 0 Å². The van der Waals surface area contributed by atoms with Crippen LogP contribution in [0.5, 0.6) is 5.75 Å². The molecule has 0 fully saturated rings. The molecule has 0 heterocycles. The molecule has 3 N–H and O–H groups in total. The van der Waals surface area contributed by atoms with Gasteiger partial charge < -0.3 is 15.6 Å². The Bertz CT molecular complexity index is 449. The molecule has 0 spiro atoms. The van der Waals surface area contributed by atoms with Crippen molar-refractivity contribution < 1.29 is 14.6 Å². The molecule has 0 bridgehead atoms. The summed E-state index contributed by atoms with van der Waals surface area (Å²) in [5, 5.41) is 9.40. The second-order valence-corrected chi connectivity index (χ2v) is 5.72. The van der Waals surface area contributed by atoms with Gasteiger partial charge in [-0.2, -0.15) is 0 Å². The molecule has 0 aliphatic rings. The van der Waals surface area contributed by atoms with Gasteiger partial charge >= 0.3 is 0 Å².